The first-order chi connectivity index (χ1) is 10.1. The highest BCUT2D eigenvalue weighted by molar-refractivity contribution is 7.05. The second-order valence-electron chi connectivity index (χ2n) is 5.76. The molecule has 0 amide bonds. The molecule has 0 spiro atoms. The van der Waals surface area contributed by atoms with Gasteiger partial charge < -0.3 is 5.32 Å². The van der Waals surface area contributed by atoms with Gasteiger partial charge in [-0.2, -0.15) is 0 Å². The molecule has 114 valence electrons. The van der Waals surface area contributed by atoms with Gasteiger partial charge in [-0.1, -0.05) is 35.5 Å². The molecule has 0 fully saturated rings. The van der Waals surface area contributed by atoms with Crippen LogP contribution in [0.1, 0.15) is 52.2 Å². The second-order valence-corrected chi connectivity index (χ2v) is 6.54. The molecule has 0 saturated carbocycles. The van der Waals surface area contributed by atoms with E-state index in [4.69, 9.17) is 0 Å². The van der Waals surface area contributed by atoms with E-state index in [1.54, 1.807) is 0 Å². The fourth-order valence-electron chi connectivity index (χ4n) is 2.95. The largest absolute Gasteiger partial charge is 0.312 e. The third kappa shape index (κ3) is 3.69. The van der Waals surface area contributed by atoms with E-state index in [1.807, 2.05) is 7.05 Å². The van der Waals surface area contributed by atoms with Gasteiger partial charge in [0.25, 0.3) is 0 Å². The summed E-state index contributed by atoms with van der Waals surface area (Å²) in [5.41, 5.74) is 6.69. The first kappa shape index (κ1) is 16.1. The molecule has 4 heteroatoms. The number of rotatable bonds is 6. The van der Waals surface area contributed by atoms with Gasteiger partial charge in [0.15, 0.2) is 0 Å². The maximum Gasteiger partial charge on any atom is 0.0803 e. The lowest BCUT2D eigenvalue weighted by atomic mass is 9.93. The van der Waals surface area contributed by atoms with E-state index in [9.17, 15) is 0 Å². The third-order valence-electron chi connectivity index (χ3n) is 3.99. The van der Waals surface area contributed by atoms with Gasteiger partial charge in [-0.25, -0.2) is 0 Å². The molecule has 2 aromatic rings. The number of likely N-dealkylation sites (N-methyl/N-ethyl adjacent to an activating group) is 1. The minimum absolute atomic E-state index is 0.298. The molecule has 1 unspecified atom stereocenters. The van der Waals surface area contributed by atoms with Crippen LogP contribution in [0.5, 0.6) is 0 Å². The zero-order chi connectivity index (χ0) is 15.4. The number of aryl methyl sites for hydroxylation is 4. The van der Waals surface area contributed by atoms with Gasteiger partial charge in [-0.05, 0) is 68.9 Å². The van der Waals surface area contributed by atoms with Crippen LogP contribution in [0, 0.1) is 20.8 Å². The van der Waals surface area contributed by atoms with Crippen molar-refractivity contribution in [1.82, 2.24) is 14.9 Å². The molecule has 1 heterocycles. The zero-order valence-electron chi connectivity index (χ0n) is 13.7. The normalized spacial score (nSPS) is 12.6. The molecule has 1 aromatic carbocycles. The van der Waals surface area contributed by atoms with Crippen LogP contribution in [0.4, 0.5) is 0 Å². The van der Waals surface area contributed by atoms with E-state index in [-0.39, 0.29) is 0 Å². The molecule has 0 saturated heterocycles. The fraction of sp³-hybridized carbons (Fsp3) is 0.529. The Morgan fingerprint density at radius 3 is 2.43 bits per heavy atom. The Kier molecular flexibility index (Phi) is 5.48. The van der Waals surface area contributed by atoms with Crippen molar-refractivity contribution in [2.24, 2.45) is 0 Å². The molecular weight excluding hydrogens is 278 g/mol. The molecule has 2 rings (SSSR count). The summed E-state index contributed by atoms with van der Waals surface area (Å²) >= 11 is 1.53. The van der Waals surface area contributed by atoms with E-state index in [1.165, 1.54) is 38.7 Å². The van der Waals surface area contributed by atoms with Gasteiger partial charge in [0.2, 0.25) is 0 Å². The number of aromatic nitrogens is 2. The minimum Gasteiger partial charge on any atom is -0.312 e. The molecule has 1 aromatic heterocycles. The molecule has 0 aliphatic carbocycles. The van der Waals surface area contributed by atoms with Gasteiger partial charge in [0, 0.05) is 6.04 Å². The molecule has 1 atom stereocenters. The highest BCUT2D eigenvalue weighted by Crippen LogP contribution is 2.27. The van der Waals surface area contributed by atoms with E-state index in [0.29, 0.717) is 6.04 Å². The maximum absolute atomic E-state index is 4.30. The smallest absolute Gasteiger partial charge is 0.0803 e. The van der Waals surface area contributed by atoms with Gasteiger partial charge >= 0.3 is 0 Å². The monoisotopic (exact) mass is 303 g/mol. The number of hydrogen-bond donors (Lipinski definition) is 1. The second kappa shape index (κ2) is 7.14. The van der Waals surface area contributed by atoms with Crippen molar-refractivity contribution >= 4 is 11.5 Å². The summed E-state index contributed by atoms with van der Waals surface area (Å²) < 4.78 is 4.16. The first-order valence-electron chi connectivity index (χ1n) is 7.61. The SMILES string of the molecule is CCCc1nnsc1C(Cc1c(C)cc(C)cc1C)NC. The lowest BCUT2D eigenvalue weighted by Crippen LogP contribution is -2.20. The van der Waals surface area contributed by atoms with Crippen LogP contribution in [0.15, 0.2) is 12.1 Å². The Morgan fingerprint density at radius 1 is 1.19 bits per heavy atom. The van der Waals surface area contributed by atoms with Crippen LogP contribution >= 0.6 is 11.5 Å². The molecule has 3 nitrogen and oxygen atoms in total. The van der Waals surface area contributed by atoms with Crippen molar-refractivity contribution in [2.45, 2.75) is 53.0 Å². The van der Waals surface area contributed by atoms with Crippen LogP contribution < -0.4 is 5.32 Å². The summed E-state index contributed by atoms with van der Waals surface area (Å²) in [7, 11) is 2.03. The van der Waals surface area contributed by atoms with Crippen LogP contribution in [0.2, 0.25) is 0 Å². The quantitative estimate of drug-likeness (QED) is 0.879. The first-order valence-corrected chi connectivity index (χ1v) is 8.39. The van der Waals surface area contributed by atoms with Crippen molar-refractivity contribution in [2.75, 3.05) is 7.05 Å². The topological polar surface area (TPSA) is 37.8 Å². The molecule has 0 aliphatic heterocycles. The van der Waals surface area contributed by atoms with Crippen LogP contribution in [-0.2, 0) is 12.8 Å². The van der Waals surface area contributed by atoms with Gasteiger partial charge in [-0.15, -0.1) is 5.10 Å². The summed E-state index contributed by atoms with van der Waals surface area (Å²) in [6.45, 7) is 8.76. The van der Waals surface area contributed by atoms with Crippen molar-refractivity contribution in [3.8, 4) is 0 Å². The number of nitrogens with zero attached hydrogens (tertiary/aromatic N) is 2. The Morgan fingerprint density at radius 2 is 1.86 bits per heavy atom. The summed E-state index contributed by atoms with van der Waals surface area (Å²) in [6, 6.07) is 4.84. The van der Waals surface area contributed by atoms with Gasteiger partial charge in [-0.3, -0.25) is 0 Å². The van der Waals surface area contributed by atoms with Crippen LogP contribution in [0.25, 0.3) is 0 Å². The zero-order valence-corrected chi connectivity index (χ0v) is 14.5. The predicted molar refractivity (Wildman–Crippen MR) is 90.1 cm³/mol. The summed E-state index contributed by atoms with van der Waals surface area (Å²) in [5.74, 6) is 0. The average molecular weight is 303 g/mol. The predicted octanol–water partition coefficient (Wildman–Crippen LogP) is 3.92. The summed E-state index contributed by atoms with van der Waals surface area (Å²) in [6.07, 6.45) is 3.11. The van der Waals surface area contributed by atoms with Crippen molar-refractivity contribution in [3.05, 3.63) is 45.0 Å². The number of nitrogens with one attached hydrogen (secondary N) is 1. The van der Waals surface area contributed by atoms with E-state index >= 15 is 0 Å². The van der Waals surface area contributed by atoms with Gasteiger partial charge in [0.1, 0.15) is 0 Å². The van der Waals surface area contributed by atoms with E-state index in [2.05, 4.69) is 54.7 Å². The third-order valence-corrected chi connectivity index (χ3v) is 4.87. The highest BCUT2D eigenvalue weighted by atomic mass is 32.1. The lowest BCUT2D eigenvalue weighted by molar-refractivity contribution is 0.590. The average Bonchev–Trinajstić information content (AvgIpc) is 2.87. The standard InChI is InChI=1S/C17H25N3S/c1-6-7-15-17(21-20-19-15)16(18-5)10-14-12(3)8-11(2)9-13(14)4/h8-9,16,18H,6-7,10H2,1-5H3. The molecule has 0 aliphatic rings. The highest BCUT2D eigenvalue weighted by Gasteiger charge is 2.19. The molecule has 0 bridgehead atoms. The maximum atomic E-state index is 4.30. The molecular formula is C17H25N3S. The molecule has 1 N–H and O–H groups in total. The van der Waals surface area contributed by atoms with Crippen LogP contribution in [0.3, 0.4) is 0 Å². The van der Waals surface area contributed by atoms with Crippen molar-refractivity contribution in [1.29, 1.82) is 0 Å². The van der Waals surface area contributed by atoms with Crippen molar-refractivity contribution in [3.63, 3.8) is 0 Å². The van der Waals surface area contributed by atoms with Gasteiger partial charge in [0.05, 0.1) is 10.6 Å². The summed E-state index contributed by atoms with van der Waals surface area (Å²) in [4.78, 5) is 1.29. The Balaban J connectivity index is 2.29. The Labute approximate surface area is 132 Å². The van der Waals surface area contributed by atoms with Crippen molar-refractivity contribution < 1.29 is 0 Å². The number of hydrogen-bond acceptors (Lipinski definition) is 4. The summed E-state index contributed by atoms with van der Waals surface area (Å²) in [5, 5.41) is 7.76. The minimum atomic E-state index is 0.298. The Hall–Kier alpha value is -1.26. The van der Waals surface area contributed by atoms with Crippen LogP contribution in [-0.4, -0.2) is 16.6 Å². The fourth-order valence-corrected chi connectivity index (χ4v) is 3.76. The lowest BCUT2D eigenvalue weighted by Gasteiger charge is -2.19. The van der Waals surface area contributed by atoms with E-state index < -0.39 is 0 Å². The Bertz CT molecular complexity index is 581. The van der Waals surface area contributed by atoms with E-state index in [0.717, 1.165) is 25.0 Å². The number of benzene rings is 1. The molecule has 21 heavy (non-hydrogen) atoms. The molecule has 0 radical (unpaired) electrons.